The van der Waals surface area contributed by atoms with E-state index in [-0.39, 0.29) is 0 Å². The third-order valence-corrected chi connectivity index (χ3v) is 3.81. The minimum absolute atomic E-state index is 0.539. The van der Waals surface area contributed by atoms with Crippen LogP contribution in [0.2, 0.25) is 0 Å². The summed E-state index contributed by atoms with van der Waals surface area (Å²) < 4.78 is 10.4. The van der Waals surface area contributed by atoms with Crippen LogP contribution < -0.4 is 10.1 Å². The second-order valence-corrected chi connectivity index (χ2v) is 5.08. The van der Waals surface area contributed by atoms with E-state index in [9.17, 15) is 0 Å². The van der Waals surface area contributed by atoms with Crippen LogP contribution in [0.5, 0.6) is 5.88 Å². The number of ether oxygens (including phenoxy) is 2. The fraction of sp³-hybridized carbons (Fsp3) is 0.667. The number of hydrogen-bond donors (Lipinski definition) is 1. The Labute approximate surface area is 115 Å². The van der Waals surface area contributed by atoms with Gasteiger partial charge in [-0.2, -0.15) is 0 Å². The van der Waals surface area contributed by atoms with Gasteiger partial charge in [-0.15, -0.1) is 0 Å². The quantitative estimate of drug-likeness (QED) is 0.769. The minimum Gasteiger partial charge on any atom is -0.475 e. The largest absolute Gasteiger partial charge is 0.475 e. The van der Waals surface area contributed by atoms with Crippen LogP contribution in [0.4, 0.5) is 5.69 Å². The summed E-state index contributed by atoms with van der Waals surface area (Å²) in [6, 6.07) is 4.56. The Morgan fingerprint density at radius 1 is 1.32 bits per heavy atom. The van der Waals surface area contributed by atoms with Crippen LogP contribution in [0.3, 0.4) is 0 Å². The van der Waals surface area contributed by atoms with Crippen LogP contribution in [0.15, 0.2) is 18.3 Å². The lowest BCUT2D eigenvalue weighted by atomic mass is 10.0. The molecule has 0 saturated heterocycles. The molecule has 2 atom stereocenters. The topological polar surface area (TPSA) is 43.4 Å². The first kappa shape index (κ1) is 14.1. The fourth-order valence-electron chi connectivity index (χ4n) is 2.71. The predicted molar refractivity (Wildman–Crippen MR) is 76.7 cm³/mol. The molecule has 0 amide bonds. The van der Waals surface area contributed by atoms with Crippen molar-refractivity contribution in [1.29, 1.82) is 0 Å². The molecule has 1 aliphatic carbocycles. The first-order valence-corrected chi connectivity index (χ1v) is 7.17. The van der Waals surface area contributed by atoms with Crippen molar-refractivity contribution in [3.63, 3.8) is 0 Å². The Hall–Kier alpha value is -1.29. The molecule has 1 heterocycles. The average Bonchev–Trinajstić information content (AvgIpc) is 2.88. The number of pyridine rings is 1. The van der Waals surface area contributed by atoms with Gasteiger partial charge in [0.2, 0.25) is 5.88 Å². The van der Waals surface area contributed by atoms with E-state index < -0.39 is 0 Å². The maximum atomic E-state index is 5.45. The second kappa shape index (κ2) is 7.34. The van der Waals surface area contributed by atoms with Crippen molar-refractivity contribution in [3.05, 3.63) is 18.3 Å². The summed E-state index contributed by atoms with van der Waals surface area (Å²) in [7, 11) is 1.66. The Balaban J connectivity index is 1.84. The van der Waals surface area contributed by atoms with Crippen molar-refractivity contribution in [1.82, 2.24) is 4.98 Å². The molecule has 1 fully saturated rings. The average molecular weight is 264 g/mol. The van der Waals surface area contributed by atoms with Gasteiger partial charge in [-0.3, -0.25) is 0 Å². The van der Waals surface area contributed by atoms with Gasteiger partial charge in [0.25, 0.3) is 0 Å². The van der Waals surface area contributed by atoms with Gasteiger partial charge in [0.1, 0.15) is 6.61 Å². The van der Waals surface area contributed by atoms with Crippen LogP contribution in [0.1, 0.15) is 32.6 Å². The zero-order valence-electron chi connectivity index (χ0n) is 11.9. The molecule has 4 nitrogen and oxygen atoms in total. The molecule has 0 aliphatic heterocycles. The summed E-state index contributed by atoms with van der Waals surface area (Å²) in [6.45, 7) is 3.40. The Kier molecular flexibility index (Phi) is 5.45. The molecule has 1 saturated carbocycles. The van der Waals surface area contributed by atoms with Gasteiger partial charge in [0.15, 0.2) is 0 Å². The number of nitrogens with zero attached hydrogens (tertiary/aromatic N) is 1. The summed E-state index contributed by atoms with van der Waals surface area (Å²) in [5.74, 6) is 1.46. The van der Waals surface area contributed by atoms with E-state index in [1.165, 1.54) is 25.7 Å². The summed E-state index contributed by atoms with van der Waals surface area (Å²) in [4.78, 5) is 4.30. The highest BCUT2D eigenvalue weighted by molar-refractivity contribution is 5.43. The monoisotopic (exact) mass is 264 g/mol. The van der Waals surface area contributed by atoms with E-state index >= 15 is 0 Å². The zero-order chi connectivity index (χ0) is 13.5. The number of methoxy groups -OCH3 is 1. The van der Waals surface area contributed by atoms with Crippen LogP contribution in [-0.2, 0) is 4.74 Å². The SMILES string of the molecule is CCC1CCCC1Nc1ccc(OCCOC)nc1. The van der Waals surface area contributed by atoms with Gasteiger partial charge in [0, 0.05) is 19.2 Å². The van der Waals surface area contributed by atoms with Crippen LogP contribution in [0.25, 0.3) is 0 Å². The number of aromatic nitrogens is 1. The molecular weight excluding hydrogens is 240 g/mol. The Morgan fingerprint density at radius 2 is 2.21 bits per heavy atom. The normalized spacial score (nSPS) is 22.4. The number of hydrogen-bond acceptors (Lipinski definition) is 4. The molecule has 2 rings (SSSR count). The molecule has 4 heteroatoms. The molecule has 1 aromatic rings. The van der Waals surface area contributed by atoms with E-state index in [0.717, 1.165) is 11.6 Å². The molecule has 1 aromatic heterocycles. The van der Waals surface area contributed by atoms with Gasteiger partial charge < -0.3 is 14.8 Å². The van der Waals surface area contributed by atoms with Crippen molar-refractivity contribution in [2.24, 2.45) is 5.92 Å². The molecule has 0 radical (unpaired) electrons. The van der Waals surface area contributed by atoms with E-state index in [1.54, 1.807) is 7.11 Å². The molecule has 19 heavy (non-hydrogen) atoms. The van der Waals surface area contributed by atoms with Crippen molar-refractivity contribution in [3.8, 4) is 5.88 Å². The maximum Gasteiger partial charge on any atom is 0.213 e. The third kappa shape index (κ3) is 4.10. The summed E-state index contributed by atoms with van der Waals surface area (Å²) in [6.07, 6.45) is 7.06. The van der Waals surface area contributed by atoms with Gasteiger partial charge in [-0.05, 0) is 24.8 Å². The fourth-order valence-corrected chi connectivity index (χ4v) is 2.71. The Bertz CT molecular complexity index is 367. The highest BCUT2D eigenvalue weighted by Gasteiger charge is 2.25. The van der Waals surface area contributed by atoms with Crippen LogP contribution in [-0.4, -0.2) is 31.3 Å². The lowest BCUT2D eigenvalue weighted by Crippen LogP contribution is -2.23. The summed E-state index contributed by atoms with van der Waals surface area (Å²) in [5, 5.41) is 3.59. The highest BCUT2D eigenvalue weighted by Crippen LogP contribution is 2.30. The summed E-state index contributed by atoms with van der Waals surface area (Å²) in [5.41, 5.74) is 1.09. The molecule has 0 aromatic carbocycles. The highest BCUT2D eigenvalue weighted by atomic mass is 16.5. The first-order chi connectivity index (χ1) is 9.33. The van der Waals surface area contributed by atoms with Gasteiger partial charge in [-0.25, -0.2) is 4.98 Å². The lowest BCUT2D eigenvalue weighted by Gasteiger charge is -2.20. The van der Waals surface area contributed by atoms with Crippen molar-refractivity contribution in [2.45, 2.75) is 38.6 Å². The number of rotatable bonds is 7. The standard InChI is InChI=1S/C15H24N2O2/c1-3-12-5-4-6-14(12)17-13-7-8-15(16-11-13)19-10-9-18-2/h7-8,11-12,14,17H,3-6,9-10H2,1-2H3. The molecule has 0 bridgehead atoms. The van der Waals surface area contributed by atoms with E-state index in [4.69, 9.17) is 9.47 Å². The van der Waals surface area contributed by atoms with Crippen LogP contribution >= 0.6 is 0 Å². The zero-order valence-corrected chi connectivity index (χ0v) is 11.9. The number of nitrogens with one attached hydrogen (secondary N) is 1. The summed E-state index contributed by atoms with van der Waals surface area (Å²) >= 11 is 0. The minimum atomic E-state index is 0.539. The smallest absolute Gasteiger partial charge is 0.213 e. The predicted octanol–water partition coefficient (Wildman–Crippen LogP) is 3.10. The van der Waals surface area contributed by atoms with E-state index in [1.807, 2.05) is 18.3 Å². The maximum absolute atomic E-state index is 5.45. The molecule has 2 unspecified atom stereocenters. The molecule has 1 aliphatic rings. The van der Waals surface area contributed by atoms with Crippen molar-refractivity contribution >= 4 is 5.69 Å². The first-order valence-electron chi connectivity index (χ1n) is 7.17. The van der Waals surface area contributed by atoms with Gasteiger partial charge in [0.05, 0.1) is 18.5 Å². The van der Waals surface area contributed by atoms with Crippen molar-refractivity contribution in [2.75, 3.05) is 25.6 Å². The number of anilines is 1. The van der Waals surface area contributed by atoms with Gasteiger partial charge >= 0.3 is 0 Å². The molecule has 106 valence electrons. The molecule has 1 N–H and O–H groups in total. The third-order valence-electron chi connectivity index (χ3n) is 3.81. The molecule has 0 spiro atoms. The van der Waals surface area contributed by atoms with E-state index in [2.05, 4.69) is 17.2 Å². The Morgan fingerprint density at radius 3 is 2.89 bits per heavy atom. The molecular formula is C15H24N2O2. The van der Waals surface area contributed by atoms with E-state index in [0.29, 0.717) is 25.1 Å². The van der Waals surface area contributed by atoms with Crippen LogP contribution in [0, 0.1) is 5.92 Å². The second-order valence-electron chi connectivity index (χ2n) is 5.08. The lowest BCUT2D eigenvalue weighted by molar-refractivity contribution is 0.144. The van der Waals surface area contributed by atoms with Crippen molar-refractivity contribution < 1.29 is 9.47 Å². The van der Waals surface area contributed by atoms with Gasteiger partial charge in [-0.1, -0.05) is 19.8 Å².